The van der Waals surface area contributed by atoms with E-state index in [0.717, 1.165) is 22.4 Å². The van der Waals surface area contributed by atoms with Crippen LogP contribution in [0.15, 0.2) is 47.4 Å². The van der Waals surface area contributed by atoms with E-state index >= 15 is 0 Å². The molecule has 2 aromatic carbocycles. The summed E-state index contributed by atoms with van der Waals surface area (Å²) in [5, 5.41) is 0. The lowest BCUT2D eigenvalue weighted by Crippen LogP contribution is -2.29. The third-order valence-corrected chi connectivity index (χ3v) is 5.92. The Balaban J connectivity index is 2.19. The second-order valence-electron chi connectivity index (χ2n) is 5.66. The van der Waals surface area contributed by atoms with Crippen molar-refractivity contribution in [2.75, 3.05) is 20.7 Å². The fourth-order valence-corrected chi connectivity index (χ4v) is 3.94. The van der Waals surface area contributed by atoms with E-state index in [0.29, 0.717) is 17.9 Å². The van der Waals surface area contributed by atoms with Crippen molar-refractivity contribution >= 4 is 10.0 Å². The van der Waals surface area contributed by atoms with Crippen molar-refractivity contribution in [1.29, 1.82) is 0 Å². The summed E-state index contributed by atoms with van der Waals surface area (Å²) in [7, 11) is -0.251. The lowest BCUT2D eigenvalue weighted by Gasteiger charge is -2.19. The van der Waals surface area contributed by atoms with Crippen LogP contribution in [0.4, 0.5) is 0 Å². The molecule has 4 nitrogen and oxygen atoms in total. The van der Waals surface area contributed by atoms with Gasteiger partial charge in [-0.3, -0.25) is 0 Å². The quantitative estimate of drug-likeness (QED) is 0.816. The largest absolute Gasteiger partial charge is 0.496 e. The highest BCUT2D eigenvalue weighted by Gasteiger charge is 2.22. The van der Waals surface area contributed by atoms with Gasteiger partial charge in [0, 0.05) is 13.6 Å². The van der Waals surface area contributed by atoms with Crippen LogP contribution in [0.1, 0.15) is 16.7 Å². The molecule has 0 aliphatic carbocycles. The zero-order valence-electron chi connectivity index (χ0n) is 14.0. The number of hydrogen-bond acceptors (Lipinski definition) is 3. The first-order valence-electron chi connectivity index (χ1n) is 7.51. The fraction of sp³-hybridized carbons (Fsp3) is 0.333. The summed E-state index contributed by atoms with van der Waals surface area (Å²) in [5.74, 6) is 0.782. The molecule has 0 saturated heterocycles. The number of hydrogen-bond donors (Lipinski definition) is 0. The average molecular weight is 333 g/mol. The molecule has 0 fully saturated rings. The zero-order valence-corrected chi connectivity index (χ0v) is 14.9. The summed E-state index contributed by atoms with van der Waals surface area (Å²) in [6.07, 6.45) is 0.602. The van der Waals surface area contributed by atoms with Gasteiger partial charge in [0.15, 0.2) is 0 Å². The van der Waals surface area contributed by atoms with Gasteiger partial charge in [-0.05, 0) is 49.1 Å². The molecule has 2 rings (SSSR count). The SMILES string of the molecule is COc1ccccc1CCN(C)S(=O)(=O)c1cc(C)ccc1C. The molecule has 0 saturated carbocycles. The van der Waals surface area contributed by atoms with Gasteiger partial charge in [0.05, 0.1) is 12.0 Å². The number of aryl methyl sites for hydroxylation is 2. The maximum Gasteiger partial charge on any atom is 0.243 e. The van der Waals surface area contributed by atoms with Crippen LogP contribution in [0, 0.1) is 13.8 Å². The maximum atomic E-state index is 12.8. The molecule has 124 valence electrons. The third kappa shape index (κ3) is 3.92. The Morgan fingerprint density at radius 3 is 2.48 bits per heavy atom. The minimum absolute atomic E-state index is 0.375. The second-order valence-corrected chi connectivity index (χ2v) is 7.67. The van der Waals surface area contributed by atoms with Crippen molar-refractivity contribution < 1.29 is 13.2 Å². The predicted octanol–water partition coefficient (Wildman–Crippen LogP) is 3.18. The minimum Gasteiger partial charge on any atom is -0.496 e. The van der Waals surface area contributed by atoms with Gasteiger partial charge in [-0.1, -0.05) is 30.3 Å². The molecule has 0 aliphatic rings. The van der Waals surface area contributed by atoms with Gasteiger partial charge in [0.1, 0.15) is 5.75 Å². The Kier molecular flexibility index (Phi) is 5.44. The molecule has 0 N–H and O–H groups in total. The fourth-order valence-electron chi connectivity index (χ4n) is 2.46. The summed E-state index contributed by atoms with van der Waals surface area (Å²) in [6.45, 7) is 4.11. The maximum absolute atomic E-state index is 12.8. The van der Waals surface area contributed by atoms with Crippen LogP contribution in [0.3, 0.4) is 0 Å². The lowest BCUT2D eigenvalue weighted by atomic mass is 10.1. The number of benzene rings is 2. The Hall–Kier alpha value is -1.85. The number of ether oxygens (including phenoxy) is 1. The van der Waals surface area contributed by atoms with E-state index < -0.39 is 10.0 Å². The molecule has 0 bridgehead atoms. The van der Waals surface area contributed by atoms with Crippen LogP contribution in [-0.2, 0) is 16.4 Å². The van der Waals surface area contributed by atoms with E-state index in [-0.39, 0.29) is 0 Å². The van der Waals surface area contributed by atoms with Gasteiger partial charge in [-0.2, -0.15) is 0 Å². The summed E-state index contributed by atoms with van der Waals surface area (Å²) in [5.41, 5.74) is 2.70. The Bertz CT molecular complexity index is 785. The minimum atomic E-state index is -3.49. The molecule has 0 heterocycles. The van der Waals surface area contributed by atoms with Crippen molar-refractivity contribution in [3.05, 3.63) is 59.2 Å². The van der Waals surface area contributed by atoms with Crippen LogP contribution in [0.2, 0.25) is 0 Å². The molecular formula is C18H23NO3S. The van der Waals surface area contributed by atoms with Crippen molar-refractivity contribution in [3.8, 4) is 5.75 Å². The summed E-state index contributed by atoms with van der Waals surface area (Å²) < 4.78 is 32.3. The van der Waals surface area contributed by atoms with Crippen LogP contribution >= 0.6 is 0 Å². The summed E-state index contributed by atoms with van der Waals surface area (Å²) in [4.78, 5) is 0.375. The number of sulfonamides is 1. The van der Waals surface area contributed by atoms with Crippen molar-refractivity contribution in [1.82, 2.24) is 4.31 Å². The van der Waals surface area contributed by atoms with Crippen LogP contribution in [0.25, 0.3) is 0 Å². The average Bonchev–Trinajstić information content (AvgIpc) is 2.54. The first kappa shape index (κ1) is 17.5. The summed E-state index contributed by atoms with van der Waals surface area (Å²) in [6, 6.07) is 13.2. The molecule has 0 aromatic heterocycles. The van der Waals surface area contributed by atoms with Gasteiger partial charge >= 0.3 is 0 Å². The van der Waals surface area contributed by atoms with Crippen molar-refractivity contribution in [3.63, 3.8) is 0 Å². The highest BCUT2D eigenvalue weighted by atomic mass is 32.2. The molecular weight excluding hydrogens is 310 g/mol. The van der Waals surface area contributed by atoms with E-state index in [1.807, 2.05) is 50.2 Å². The van der Waals surface area contributed by atoms with E-state index in [1.54, 1.807) is 20.2 Å². The Labute approximate surface area is 138 Å². The van der Waals surface area contributed by atoms with Gasteiger partial charge in [-0.25, -0.2) is 12.7 Å². The van der Waals surface area contributed by atoms with Gasteiger partial charge in [0.2, 0.25) is 10.0 Å². The van der Waals surface area contributed by atoms with Crippen molar-refractivity contribution in [2.45, 2.75) is 25.2 Å². The number of nitrogens with zero attached hydrogens (tertiary/aromatic N) is 1. The van der Waals surface area contributed by atoms with Crippen LogP contribution in [0.5, 0.6) is 5.75 Å². The molecule has 0 amide bonds. The topological polar surface area (TPSA) is 46.6 Å². The monoisotopic (exact) mass is 333 g/mol. The number of methoxy groups -OCH3 is 1. The predicted molar refractivity (Wildman–Crippen MR) is 92.4 cm³/mol. The number of likely N-dealkylation sites (N-methyl/N-ethyl adjacent to an activating group) is 1. The molecule has 5 heteroatoms. The van der Waals surface area contributed by atoms with Crippen LogP contribution in [-0.4, -0.2) is 33.4 Å². The molecule has 2 aromatic rings. The number of para-hydroxylation sites is 1. The molecule has 0 aliphatic heterocycles. The van der Waals surface area contributed by atoms with E-state index in [1.165, 1.54) is 4.31 Å². The van der Waals surface area contributed by atoms with Gasteiger partial charge in [0.25, 0.3) is 0 Å². The molecule has 0 unspecified atom stereocenters. The Morgan fingerprint density at radius 1 is 1.09 bits per heavy atom. The standard InChI is InChI=1S/C18H23NO3S/c1-14-9-10-15(2)18(13-14)23(20,21)19(3)12-11-16-7-5-6-8-17(16)22-4/h5-10,13H,11-12H2,1-4H3. The highest BCUT2D eigenvalue weighted by Crippen LogP contribution is 2.22. The normalized spacial score (nSPS) is 11.7. The van der Waals surface area contributed by atoms with Gasteiger partial charge < -0.3 is 4.74 Å². The first-order valence-corrected chi connectivity index (χ1v) is 8.95. The van der Waals surface area contributed by atoms with Crippen LogP contribution < -0.4 is 4.74 Å². The molecule has 0 atom stereocenters. The molecule has 23 heavy (non-hydrogen) atoms. The zero-order chi connectivity index (χ0) is 17.0. The lowest BCUT2D eigenvalue weighted by molar-refractivity contribution is 0.406. The highest BCUT2D eigenvalue weighted by molar-refractivity contribution is 7.89. The number of rotatable bonds is 6. The first-order chi connectivity index (χ1) is 10.9. The second kappa shape index (κ2) is 7.15. The smallest absolute Gasteiger partial charge is 0.243 e. The molecule has 0 radical (unpaired) electrons. The molecule has 0 spiro atoms. The van der Waals surface area contributed by atoms with Gasteiger partial charge in [-0.15, -0.1) is 0 Å². The van der Waals surface area contributed by atoms with E-state index in [2.05, 4.69) is 0 Å². The van der Waals surface area contributed by atoms with E-state index in [9.17, 15) is 8.42 Å². The van der Waals surface area contributed by atoms with Crippen molar-refractivity contribution in [2.24, 2.45) is 0 Å². The third-order valence-electron chi connectivity index (χ3n) is 3.92. The summed E-state index contributed by atoms with van der Waals surface area (Å²) >= 11 is 0. The van der Waals surface area contributed by atoms with E-state index in [4.69, 9.17) is 4.74 Å². The Morgan fingerprint density at radius 2 is 1.78 bits per heavy atom.